The van der Waals surface area contributed by atoms with Crippen molar-refractivity contribution >= 4 is 64.3 Å². The molecular formula is C62H40ClF11N6O12. The van der Waals surface area contributed by atoms with E-state index in [0.29, 0.717) is 24.6 Å². The number of nitrogens with one attached hydrogen (secondary N) is 3. The van der Waals surface area contributed by atoms with Crippen molar-refractivity contribution in [2.75, 3.05) is 16.0 Å². The number of aromatic carboxylic acids is 3. The van der Waals surface area contributed by atoms with Gasteiger partial charge in [0, 0.05) is 12.5 Å². The summed E-state index contributed by atoms with van der Waals surface area (Å²) >= 11 is 5.87. The fraction of sp³-hybridized carbons (Fsp3) is 0.0806. The van der Waals surface area contributed by atoms with Crippen LogP contribution in [-0.2, 0) is 18.3 Å². The molecule has 9 aromatic rings. The first-order valence-electron chi connectivity index (χ1n) is 25.7. The molecule has 18 nitrogen and oxygen atoms in total. The average molecular weight is 1310 g/mol. The summed E-state index contributed by atoms with van der Waals surface area (Å²) < 4.78 is 164. The normalized spacial score (nSPS) is 11.1. The molecule has 3 heterocycles. The average Bonchev–Trinajstić information content (AvgIpc) is 0.806. The van der Waals surface area contributed by atoms with Gasteiger partial charge in [0.15, 0.2) is 0 Å². The van der Waals surface area contributed by atoms with E-state index in [1.165, 1.54) is 61.5 Å². The minimum atomic E-state index is -4.90. The van der Waals surface area contributed by atoms with Crippen molar-refractivity contribution in [3.63, 3.8) is 0 Å². The fourth-order valence-corrected chi connectivity index (χ4v) is 7.86. The third-order valence-corrected chi connectivity index (χ3v) is 12.4. The van der Waals surface area contributed by atoms with Gasteiger partial charge in [0.25, 0.3) is 23.6 Å². The number of aryl methyl sites for hydroxylation is 1. The molecule has 0 atom stereocenters. The number of carbonyl (C=O) groups excluding carboxylic acids is 3. The summed E-state index contributed by atoms with van der Waals surface area (Å²) in [5.74, 6) is -12.2. The van der Waals surface area contributed by atoms with Crippen LogP contribution in [0.3, 0.4) is 0 Å². The van der Waals surface area contributed by atoms with Crippen LogP contribution in [0.1, 0.15) is 91.7 Å². The zero-order valence-corrected chi connectivity index (χ0v) is 47.3. The maximum absolute atomic E-state index is 13.7. The molecule has 0 saturated heterocycles. The molecule has 0 unspecified atom stereocenters. The number of benzene rings is 6. The van der Waals surface area contributed by atoms with E-state index in [1.54, 1.807) is 0 Å². The van der Waals surface area contributed by atoms with Crippen LogP contribution in [0.4, 0.5) is 65.4 Å². The smallest absolute Gasteiger partial charge is 0.417 e. The van der Waals surface area contributed by atoms with Gasteiger partial charge in [-0.1, -0.05) is 23.7 Å². The maximum Gasteiger partial charge on any atom is 0.417 e. The van der Waals surface area contributed by atoms with E-state index in [9.17, 15) is 77.1 Å². The predicted molar refractivity (Wildman–Crippen MR) is 306 cm³/mol. The predicted octanol–water partition coefficient (Wildman–Crippen LogP) is 16.0. The van der Waals surface area contributed by atoms with Crippen LogP contribution in [0, 0.1) is 24.4 Å². The third-order valence-electron chi connectivity index (χ3n) is 12.1. The van der Waals surface area contributed by atoms with Gasteiger partial charge in [-0.25, -0.2) is 51.3 Å². The van der Waals surface area contributed by atoms with E-state index in [2.05, 4.69) is 30.9 Å². The van der Waals surface area contributed by atoms with Gasteiger partial charge in [0.05, 0.1) is 68.5 Å². The third kappa shape index (κ3) is 18.3. The number of halogens is 12. The van der Waals surface area contributed by atoms with Crippen molar-refractivity contribution in [1.29, 1.82) is 0 Å². The molecule has 3 amide bonds. The Morgan fingerprint density at radius 3 is 1.38 bits per heavy atom. The van der Waals surface area contributed by atoms with Gasteiger partial charge in [0.2, 0.25) is 0 Å². The largest absolute Gasteiger partial charge is 0.477 e. The highest BCUT2D eigenvalue weighted by molar-refractivity contribution is 6.32. The van der Waals surface area contributed by atoms with Gasteiger partial charge in [-0.15, -0.1) is 0 Å². The topological polar surface area (TPSA) is 266 Å². The van der Waals surface area contributed by atoms with E-state index >= 15 is 0 Å². The monoisotopic (exact) mass is 1300 g/mol. The number of hydrogen-bond acceptors (Lipinski definition) is 12. The van der Waals surface area contributed by atoms with Gasteiger partial charge >= 0.3 is 30.3 Å². The number of carboxylic acid groups (broad SMARTS) is 3. The molecule has 0 aliphatic heterocycles. The minimum absolute atomic E-state index is 0.0438. The Balaban J connectivity index is 0.000000196. The lowest BCUT2D eigenvalue weighted by atomic mass is 10.0. The number of anilines is 3. The number of ether oxygens (including phenoxy) is 3. The Morgan fingerprint density at radius 1 is 0.446 bits per heavy atom. The summed E-state index contributed by atoms with van der Waals surface area (Å²) in [6.07, 6.45) is -6.42. The summed E-state index contributed by atoms with van der Waals surface area (Å²) in [4.78, 5) is 81.6. The van der Waals surface area contributed by atoms with E-state index in [0.717, 1.165) is 104 Å². The Bertz CT molecular complexity index is 4230. The van der Waals surface area contributed by atoms with Crippen LogP contribution in [0.15, 0.2) is 170 Å². The number of pyridine rings is 3. The van der Waals surface area contributed by atoms with E-state index in [1.807, 2.05) is 0 Å². The van der Waals surface area contributed by atoms with Crippen molar-refractivity contribution in [3.8, 4) is 34.5 Å². The van der Waals surface area contributed by atoms with Gasteiger partial charge in [-0.05, 0) is 152 Å². The number of nitrogens with zero attached hydrogens (tertiary/aromatic N) is 3. The molecule has 6 N–H and O–H groups in total. The Morgan fingerprint density at radius 2 is 0.913 bits per heavy atom. The van der Waals surface area contributed by atoms with Crippen molar-refractivity contribution in [2.24, 2.45) is 0 Å². The number of amides is 3. The van der Waals surface area contributed by atoms with E-state index in [4.69, 9.17) is 41.1 Å². The number of carbonyl (C=O) groups is 6. The Kier molecular flexibility index (Phi) is 21.3. The zero-order valence-electron chi connectivity index (χ0n) is 46.6. The number of alkyl halides is 8. The van der Waals surface area contributed by atoms with Crippen LogP contribution in [0.25, 0.3) is 0 Å². The molecule has 6 aromatic carbocycles. The highest BCUT2D eigenvalue weighted by Crippen LogP contribution is 2.41. The second-order valence-corrected chi connectivity index (χ2v) is 19.2. The highest BCUT2D eigenvalue weighted by Gasteiger charge is 2.38. The second kappa shape index (κ2) is 28.8. The number of rotatable bonds is 16. The maximum atomic E-state index is 13.7. The van der Waals surface area contributed by atoms with Crippen molar-refractivity contribution in [2.45, 2.75) is 32.1 Å². The molecule has 30 heteroatoms. The molecule has 0 aliphatic carbocycles. The SMILES string of the molecule is CC(F)(F)c1ccc(C(=O)Nc2ccc(C(=O)O)nc2)c(Oc2ccc(F)cc2)c1.Cc1cc(F)ccc1Oc1ccc(C(F)(F)F)cc1C(=O)Nc1ccc(C(=O)O)nc1.O=C(O)c1ccc(NC(=O)c2c(Oc3ccc(F)cc3Cl)cccc2C(F)(F)F)cn1. The first kappa shape index (κ1) is 68.0. The van der Waals surface area contributed by atoms with Gasteiger partial charge in [-0.3, -0.25) is 14.4 Å². The quantitative estimate of drug-likeness (QED) is 0.0491. The molecule has 474 valence electrons. The van der Waals surface area contributed by atoms with Crippen LogP contribution < -0.4 is 30.2 Å². The first-order valence-corrected chi connectivity index (χ1v) is 26.1. The second-order valence-electron chi connectivity index (χ2n) is 18.8. The first-order chi connectivity index (χ1) is 43.2. The van der Waals surface area contributed by atoms with Crippen molar-refractivity contribution in [1.82, 2.24) is 15.0 Å². The highest BCUT2D eigenvalue weighted by atomic mass is 35.5. The summed E-state index contributed by atoms with van der Waals surface area (Å²) in [7, 11) is 0. The van der Waals surface area contributed by atoms with Crippen molar-refractivity contribution in [3.05, 3.63) is 249 Å². The lowest BCUT2D eigenvalue weighted by Crippen LogP contribution is -2.20. The van der Waals surface area contributed by atoms with Gasteiger partial charge in [-0.2, -0.15) is 26.3 Å². The standard InChI is InChI=1S/C21H14F4N2O4.C21H15F3N2O4.C20H11ClF4N2O4/c1-11-8-13(22)3-7-17(11)31-18-6-2-12(21(23,24)25)9-15(18)19(28)27-14-4-5-16(20(29)30)26-10-14;1-21(23,24)12-2-8-16(18(10-12)30-15-6-3-13(22)4-7-15)19(27)26-14-5-9-17(20(28)29)25-11-14;21-13-8-10(22)4-7-15(13)31-16-3-1-2-12(20(23,24)25)17(16)18(28)27-11-5-6-14(19(29)30)26-9-11/h2-10H,1H3,(H,27,28)(H,29,30);2-11H,1H3,(H,26,27)(H,28,29);1-9H,(H,27,28)(H,29,30). The molecule has 0 spiro atoms. The zero-order chi connectivity index (χ0) is 67.4. The van der Waals surface area contributed by atoms with Crippen molar-refractivity contribution < 1.29 is 107 Å². The summed E-state index contributed by atoms with van der Waals surface area (Å²) in [6.45, 7) is 2.25. The molecule has 0 saturated carbocycles. The molecular weight excluding hydrogens is 1270 g/mol. The lowest BCUT2D eigenvalue weighted by molar-refractivity contribution is -0.138. The number of aromatic nitrogens is 3. The molecule has 0 aliphatic rings. The summed E-state index contributed by atoms with van der Waals surface area (Å²) in [6, 6.07) is 27.1. The number of hydrogen-bond donors (Lipinski definition) is 6. The van der Waals surface area contributed by atoms with Crippen LogP contribution in [0.2, 0.25) is 5.02 Å². The Hall–Kier alpha value is -11.5. The molecule has 9 rings (SSSR count). The van der Waals surface area contributed by atoms with E-state index in [-0.39, 0.29) is 79.0 Å². The van der Waals surface area contributed by atoms with Crippen LogP contribution >= 0.6 is 11.6 Å². The lowest BCUT2D eigenvalue weighted by Gasteiger charge is -2.17. The molecule has 0 bridgehead atoms. The molecule has 0 radical (unpaired) electrons. The minimum Gasteiger partial charge on any atom is -0.477 e. The molecule has 3 aromatic heterocycles. The Labute approximate surface area is 515 Å². The van der Waals surface area contributed by atoms with Crippen LogP contribution in [-0.4, -0.2) is 65.9 Å². The molecule has 92 heavy (non-hydrogen) atoms. The van der Waals surface area contributed by atoms with E-state index < -0.39 is 99.4 Å². The van der Waals surface area contributed by atoms with Crippen LogP contribution in [0.5, 0.6) is 34.5 Å². The number of carboxylic acids is 3. The summed E-state index contributed by atoms with van der Waals surface area (Å²) in [5, 5.41) is 33.4. The fourth-order valence-electron chi connectivity index (χ4n) is 7.65. The van der Waals surface area contributed by atoms with Gasteiger partial charge in [0.1, 0.15) is 69.0 Å². The van der Waals surface area contributed by atoms with Gasteiger partial charge < -0.3 is 45.5 Å². The molecule has 0 fully saturated rings. The summed E-state index contributed by atoms with van der Waals surface area (Å²) in [5.41, 5.74) is -4.26.